The van der Waals surface area contributed by atoms with E-state index in [-0.39, 0.29) is 24.4 Å². The molecule has 1 aromatic carbocycles. The van der Waals surface area contributed by atoms with Gasteiger partial charge in [-0.15, -0.1) is 0 Å². The molecule has 3 atom stereocenters. The largest absolute Gasteiger partial charge is 0.452 e. The molecule has 1 N–H and O–H groups in total. The Morgan fingerprint density at radius 2 is 2.12 bits per heavy atom. The normalized spacial score (nSPS) is 23.9. The number of esters is 1. The predicted octanol–water partition coefficient (Wildman–Crippen LogP) is 3.32. The van der Waals surface area contributed by atoms with E-state index >= 15 is 0 Å². The van der Waals surface area contributed by atoms with Crippen LogP contribution in [0.15, 0.2) is 30.3 Å². The fourth-order valence-electron chi connectivity index (χ4n) is 2.99. The smallest absolute Gasteiger partial charge is 0.331 e. The number of hydrogen-bond donors (Lipinski definition) is 1. The molecule has 0 saturated heterocycles. The molecule has 4 nitrogen and oxygen atoms in total. The summed E-state index contributed by atoms with van der Waals surface area (Å²) >= 11 is 0. The molecule has 5 heteroatoms. The minimum Gasteiger partial charge on any atom is -0.452 e. The van der Waals surface area contributed by atoms with Gasteiger partial charge in [-0.25, -0.2) is 9.18 Å². The summed E-state index contributed by atoms with van der Waals surface area (Å²) in [4.78, 5) is 23.6. The van der Waals surface area contributed by atoms with Gasteiger partial charge in [-0.3, -0.25) is 4.79 Å². The third kappa shape index (κ3) is 5.48. The van der Waals surface area contributed by atoms with Crippen LogP contribution >= 0.6 is 0 Å². The monoisotopic (exact) mass is 333 g/mol. The maximum absolute atomic E-state index is 13.0. The molecule has 1 fully saturated rings. The van der Waals surface area contributed by atoms with Gasteiger partial charge in [-0.1, -0.05) is 38.8 Å². The van der Waals surface area contributed by atoms with Crippen molar-refractivity contribution in [2.75, 3.05) is 6.61 Å². The highest BCUT2D eigenvalue weighted by Crippen LogP contribution is 2.29. The van der Waals surface area contributed by atoms with Gasteiger partial charge in [-0.2, -0.15) is 0 Å². The van der Waals surface area contributed by atoms with Crippen molar-refractivity contribution in [3.05, 3.63) is 41.7 Å². The molecule has 1 saturated carbocycles. The van der Waals surface area contributed by atoms with E-state index < -0.39 is 5.97 Å². The van der Waals surface area contributed by atoms with Gasteiger partial charge in [-0.05, 0) is 42.0 Å². The van der Waals surface area contributed by atoms with E-state index in [1.54, 1.807) is 12.1 Å². The molecule has 0 bridgehead atoms. The lowest BCUT2D eigenvalue weighted by molar-refractivity contribution is -0.144. The minimum atomic E-state index is -0.625. The van der Waals surface area contributed by atoms with E-state index in [4.69, 9.17) is 4.74 Å². The Hall–Kier alpha value is -2.17. The summed E-state index contributed by atoms with van der Waals surface area (Å²) in [6.07, 6.45) is 5.90. The average Bonchev–Trinajstić information content (AvgIpc) is 2.55. The van der Waals surface area contributed by atoms with Crippen molar-refractivity contribution in [3.63, 3.8) is 0 Å². The number of halogens is 1. The molecule has 0 aromatic heterocycles. The van der Waals surface area contributed by atoms with Crippen molar-refractivity contribution in [3.8, 4) is 0 Å². The topological polar surface area (TPSA) is 55.4 Å². The number of nitrogens with one attached hydrogen (secondary N) is 1. The summed E-state index contributed by atoms with van der Waals surface area (Å²) < 4.78 is 18.0. The zero-order chi connectivity index (χ0) is 17.5. The average molecular weight is 333 g/mol. The summed E-state index contributed by atoms with van der Waals surface area (Å²) in [5.41, 5.74) is 0.557. The first kappa shape index (κ1) is 18.2. The Morgan fingerprint density at radius 1 is 1.33 bits per heavy atom. The molecule has 1 aliphatic carbocycles. The SMILES string of the molecule is C[C@H]1[C@@H](NC(=O)COC(=O)/C=C/c2cccc(F)c2)CCC[C@@H]1C. The third-order valence-corrected chi connectivity index (χ3v) is 4.66. The Bertz CT molecular complexity index is 614. The summed E-state index contributed by atoms with van der Waals surface area (Å²) in [6, 6.07) is 6.00. The van der Waals surface area contributed by atoms with E-state index in [2.05, 4.69) is 19.2 Å². The van der Waals surface area contributed by atoms with Crippen LogP contribution in [0.25, 0.3) is 6.08 Å². The molecule has 0 unspecified atom stereocenters. The zero-order valence-electron chi connectivity index (χ0n) is 14.1. The number of benzene rings is 1. The zero-order valence-corrected chi connectivity index (χ0v) is 14.1. The third-order valence-electron chi connectivity index (χ3n) is 4.66. The van der Waals surface area contributed by atoms with Crippen LogP contribution in [0.2, 0.25) is 0 Å². The molecule has 2 rings (SSSR count). The first-order chi connectivity index (χ1) is 11.5. The second-order valence-electron chi connectivity index (χ2n) is 6.44. The van der Waals surface area contributed by atoms with Gasteiger partial charge in [0.15, 0.2) is 6.61 Å². The van der Waals surface area contributed by atoms with Crippen LogP contribution in [-0.2, 0) is 14.3 Å². The number of amides is 1. The first-order valence-corrected chi connectivity index (χ1v) is 8.35. The molecule has 24 heavy (non-hydrogen) atoms. The standard InChI is InChI=1S/C19H24FNO3/c1-13-5-3-8-17(14(13)2)21-18(22)12-24-19(23)10-9-15-6-4-7-16(20)11-15/h4,6-7,9-11,13-14,17H,3,5,8,12H2,1-2H3,(H,21,22)/b10-9+/t13-,14+,17-/m0/s1. The van der Waals surface area contributed by atoms with Crippen LogP contribution in [0.4, 0.5) is 4.39 Å². The summed E-state index contributed by atoms with van der Waals surface area (Å²) in [7, 11) is 0. The van der Waals surface area contributed by atoms with Crippen molar-refractivity contribution >= 4 is 18.0 Å². The predicted molar refractivity (Wildman–Crippen MR) is 90.5 cm³/mol. The molecule has 1 aliphatic rings. The highest BCUT2D eigenvalue weighted by Gasteiger charge is 2.28. The van der Waals surface area contributed by atoms with Crippen LogP contribution in [0.3, 0.4) is 0 Å². The van der Waals surface area contributed by atoms with E-state index in [0.717, 1.165) is 12.8 Å². The highest BCUT2D eigenvalue weighted by atomic mass is 19.1. The van der Waals surface area contributed by atoms with Crippen LogP contribution in [0.5, 0.6) is 0 Å². The summed E-state index contributed by atoms with van der Waals surface area (Å²) in [6.45, 7) is 4.03. The lowest BCUT2D eigenvalue weighted by Crippen LogP contribution is -2.45. The van der Waals surface area contributed by atoms with E-state index in [1.165, 1.54) is 30.7 Å². The Labute approximate surface area is 142 Å². The lowest BCUT2D eigenvalue weighted by Gasteiger charge is -2.34. The molecule has 1 amide bonds. The van der Waals surface area contributed by atoms with Crippen LogP contribution in [0.1, 0.15) is 38.7 Å². The first-order valence-electron chi connectivity index (χ1n) is 8.35. The molecule has 0 radical (unpaired) electrons. The number of ether oxygens (including phenoxy) is 1. The van der Waals surface area contributed by atoms with E-state index in [1.807, 2.05) is 0 Å². The molecule has 0 heterocycles. The molecule has 0 aliphatic heterocycles. The lowest BCUT2D eigenvalue weighted by atomic mass is 9.78. The highest BCUT2D eigenvalue weighted by molar-refractivity contribution is 5.89. The fraction of sp³-hybridized carbons (Fsp3) is 0.474. The Kier molecular flexibility index (Phi) is 6.53. The maximum Gasteiger partial charge on any atom is 0.331 e. The fourth-order valence-corrected chi connectivity index (χ4v) is 2.99. The maximum atomic E-state index is 13.0. The Morgan fingerprint density at radius 3 is 2.88 bits per heavy atom. The van der Waals surface area contributed by atoms with E-state index in [9.17, 15) is 14.0 Å². The van der Waals surface area contributed by atoms with Gasteiger partial charge in [0.05, 0.1) is 0 Å². The molecular weight excluding hydrogens is 309 g/mol. The molecule has 0 spiro atoms. The van der Waals surface area contributed by atoms with Crippen molar-refractivity contribution in [2.45, 2.75) is 39.2 Å². The number of hydrogen-bond acceptors (Lipinski definition) is 3. The quantitative estimate of drug-likeness (QED) is 0.664. The van der Waals surface area contributed by atoms with Gasteiger partial charge in [0.1, 0.15) is 5.82 Å². The van der Waals surface area contributed by atoms with Gasteiger partial charge in [0, 0.05) is 12.1 Å². The van der Waals surface area contributed by atoms with Crippen molar-refractivity contribution in [2.24, 2.45) is 11.8 Å². The van der Waals surface area contributed by atoms with Gasteiger partial charge in [0.25, 0.3) is 5.91 Å². The summed E-state index contributed by atoms with van der Waals surface area (Å²) in [5, 5.41) is 2.95. The van der Waals surface area contributed by atoms with Gasteiger partial charge < -0.3 is 10.1 Å². The van der Waals surface area contributed by atoms with Gasteiger partial charge >= 0.3 is 5.97 Å². The summed E-state index contributed by atoms with van der Waals surface area (Å²) in [5.74, 6) is -0.277. The number of carbonyl (C=O) groups excluding carboxylic acids is 2. The van der Waals surface area contributed by atoms with Crippen LogP contribution in [0, 0.1) is 17.7 Å². The number of carbonyl (C=O) groups is 2. The van der Waals surface area contributed by atoms with Crippen LogP contribution < -0.4 is 5.32 Å². The van der Waals surface area contributed by atoms with Crippen molar-refractivity contribution in [1.29, 1.82) is 0 Å². The van der Waals surface area contributed by atoms with Crippen LogP contribution in [-0.4, -0.2) is 24.5 Å². The van der Waals surface area contributed by atoms with Crippen molar-refractivity contribution < 1.29 is 18.7 Å². The van der Waals surface area contributed by atoms with E-state index in [0.29, 0.717) is 17.4 Å². The molecule has 130 valence electrons. The second-order valence-corrected chi connectivity index (χ2v) is 6.44. The van der Waals surface area contributed by atoms with Gasteiger partial charge in [0.2, 0.25) is 0 Å². The van der Waals surface area contributed by atoms with Crippen molar-refractivity contribution in [1.82, 2.24) is 5.32 Å². The Balaban J connectivity index is 1.76. The minimum absolute atomic E-state index is 0.141. The molecule has 1 aromatic rings. The molecular formula is C19H24FNO3. The number of rotatable bonds is 5. The second kappa shape index (κ2) is 8.62.